The van der Waals surface area contributed by atoms with Gasteiger partial charge in [-0.15, -0.1) is 0 Å². The Morgan fingerprint density at radius 3 is 2.50 bits per heavy atom. The van der Waals surface area contributed by atoms with Gasteiger partial charge in [0.1, 0.15) is 5.60 Å². The van der Waals surface area contributed by atoms with Crippen LogP contribution in [0.5, 0.6) is 0 Å². The van der Waals surface area contributed by atoms with E-state index < -0.39 is 18.8 Å². The van der Waals surface area contributed by atoms with Gasteiger partial charge in [-0.05, 0) is 70.1 Å². The molecule has 5 unspecified atom stereocenters. The summed E-state index contributed by atoms with van der Waals surface area (Å²) in [7, 11) is -0.429. The maximum absolute atomic E-state index is 12.6. The van der Waals surface area contributed by atoms with Gasteiger partial charge in [0.05, 0.1) is 24.2 Å². The van der Waals surface area contributed by atoms with Crippen molar-refractivity contribution in [3.63, 3.8) is 0 Å². The van der Waals surface area contributed by atoms with Crippen molar-refractivity contribution < 1.29 is 23.6 Å². The van der Waals surface area contributed by atoms with Crippen molar-refractivity contribution in [2.75, 3.05) is 6.54 Å². The van der Waals surface area contributed by atoms with E-state index in [0.29, 0.717) is 17.8 Å². The highest BCUT2D eigenvalue weighted by Gasteiger charge is 2.68. The van der Waals surface area contributed by atoms with Crippen molar-refractivity contribution in [1.29, 1.82) is 0 Å². The SMILES string of the molecule is CC(C)(C)OC(=O)NCC(=O)NC(CC1CC1)B1OC2CC3CC(C3(C)C)C2(C)O1. The molecule has 5 fully saturated rings. The predicted molar refractivity (Wildman–Crippen MR) is 114 cm³/mol. The van der Waals surface area contributed by atoms with Gasteiger partial charge in [0.15, 0.2) is 0 Å². The molecule has 0 aromatic carbocycles. The molecule has 30 heavy (non-hydrogen) atoms. The summed E-state index contributed by atoms with van der Waals surface area (Å²) < 4.78 is 18.2. The lowest BCUT2D eigenvalue weighted by atomic mass is 9.43. The molecule has 168 valence electrons. The molecule has 2 amide bonds. The molecule has 8 heteroatoms. The molecular weight excluding hydrogens is 383 g/mol. The fourth-order valence-electron chi connectivity index (χ4n) is 5.75. The number of hydrogen-bond donors (Lipinski definition) is 2. The van der Waals surface area contributed by atoms with Crippen LogP contribution in [0.4, 0.5) is 4.79 Å². The second-order valence-corrected chi connectivity index (χ2v) is 11.5. The summed E-state index contributed by atoms with van der Waals surface area (Å²) in [6, 6.07) is 0. The van der Waals surface area contributed by atoms with Gasteiger partial charge in [0.25, 0.3) is 0 Å². The number of nitrogens with one attached hydrogen (secondary N) is 2. The number of ether oxygens (including phenoxy) is 1. The van der Waals surface area contributed by atoms with Crippen LogP contribution in [0.1, 0.15) is 73.6 Å². The lowest BCUT2D eigenvalue weighted by Gasteiger charge is -2.64. The van der Waals surface area contributed by atoms with Crippen LogP contribution in [0, 0.1) is 23.2 Å². The van der Waals surface area contributed by atoms with Crippen molar-refractivity contribution in [2.24, 2.45) is 23.2 Å². The summed E-state index contributed by atoms with van der Waals surface area (Å²) in [5, 5.41) is 5.60. The normalized spacial score (nSPS) is 35.1. The number of carbonyl (C=O) groups excluding carboxylic acids is 2. The van der Waals surface area contributed by atoms with Crippen LogP contribution in [-0.4, -0.2) is 48.9 Å². The summed E-state index contributed by atoms with van der Waals surface area (Å²) in [4.78, 5) is 24.4. The summed E-state index contributed by atoms with van der Waals surface area (Å²) in [6.45, 7) is 12.1. The Morgan fingerprint density at radius 2 is 1.90 bits per heavy atom. The number of alkyl carbamates (subject to hydrolysis) is 1. The van der Waals surface area contributed by atoms with E-state index >= 15 is 0 Å². The average Bonchev–Trinajstić information content (AvgIpc) is 3.35. The number of rotatable bonds is 6. The van der Waals surface area contributed by atoms with Crippen LogP contribution in [0.2, 0.25) is 0 Å². The van der Waals surface area contributed by atoms with Gasteiger partial charge in [0.2, 0.25) is 5.91 Å². The average molecular weight is 420 g/mol. The second kappa shape index (κ2) is 7.40. The molecule has 1 aliphatic heterocycles. The van der Waals surface area contributed by atoms with Crippen LogP contribution in [-0.2, 0) is 18.8 Å². The molecule has 0 aromatic rings. The molecule has 5 rings (SSSR count). The maximum atomic E-state index is 12.6. The standard InChI is InChI=1S/C22H37BN2O5/c1-20(2,3)28-19(27)24-12-18(26)25-17(9-13-7-8-13)23-29-16-11-14-10-15(21(14,4)5)22(16,6)30-23/h13-17H,7-12H2,1-6H3,(H,24,27)(H,25,26). The van der Waals surface area contributed by atoms with E-state index in [1.165, 1.54) is 19.3 Å². The minimum atomic E-state index is -0.596. The highest BCUT2D eigenvalue weighted by molar-refractivity contribution is 6.47. The largest absolute Gasteiger partial charge is 0.481 e. The predicted octanol–water partition coefficient (Wildman–Crippen LogP) is 3.06. The lowest BCUT2D eigenvalue weighted by molar-refractivity contribution is -0.199. The van der Waals surface area contributed by atoms with Gasteiger partial charge >= 0.3 is 13.2 Å². The number of carbonyl (C=O) groups is 2. The van der Waals surface area contributed by atoms with E-state index in [9.17, 15) is 9.59 Å². The van der Waals surface area contributed by atoms with Gasteiger partial charge in [-0.1, -0.05) is 26.7 Å². The van der Waals surface area contributed by atoms with Crippen LogP contribution >= 0.6 is 0 Å². The summed E-state index contributed by atoms with van der Waals surface area (Å²) in [5.74, 6) is 1.35. The first-order chi connectivity index (χ1) is 13.9. The lowest BCUT2D eigenvalue weighted by Crippen LogP contribution is -2.65. The minimum Gasteiger partial charge on any atom is -0.444 e. The Morgan fingerprint density at radius 1 is 1.20 bits per heavy atom. The smallest absolute Gasteiger partial charge is 0.444 e. The first-order valence-electron chi connectivity index (χ1n) is 11.5. The fraction of sp³-hybridized carbons (Fsp3) is 0.909. The summed E-state index contributed by atoms with van der Waals surface area (Å²) in [5.41, 5.74) is -0.596. The van der Waals surface area contributed by atoms with Gasteiger partial charge < -0.3 is 24.7 Å². The quantitative estimate of drug-likeness (QED) is 0.645. The van der Waals surface area contributed by atoms with Crippen LogP contribution < -0.4 is 10.6 Å². The Bertz CT molecular complexity index is 704. The van der Waals surface area contributed by atoms with Crippen LogP contribution in [0.15, 0.2) is 0 Å². The van der Waals surface area contributed by atoms with Crippen LogP contribution in [0.25, 0.3) is 0 Å². The number of hydrogen-bond acceptors (Lipinski definition) is 5. The fourth-order valence-corrected chi connectivity index (χ4v) is 5.75. The second-order valence-electron chi connectivity index (χ2n) is 11.5. The highest BCUT2D eigenvalue weighted by Crippen LogP contribution is 2.65. The molecule has 1 heterocycles. The van der Waals surface area contributed by atoms with Gasteiger partial charge in [-0.2, -0.15) is 0 Å². The third kappa shape index (κ3) is 4.22. The zero-order valence-corrected chi connectivity index (χ0v) is 19.2. The summed E-state index contributed by atoms with van der Waals surface area (Å²) in [6.07, 6.45) is 4.96. The van der Waals surface area contributed by atoms with Crippen molar-refractivity contribution in [3.8, 4) is 0 Å². The van der Waals surface area contributed by atoms with Crippen molar-refractivity contribution in [2.45, 2.75) is 96.9 Å². The van der Waals surface area contributed by atoms with E-state index in [1.54, 1.807) is 20.8 Å². The third-order valence-electron chi connectivity index (χ3n) is 7.72. The summed E-state index contributed by atoms with van der Waals surface area (Å²) >= 11 is 0. The van der Waals surface area contributed by atoms with Crippen LogP contribution in [0.3, 0.4) is 0 Å². The third-order valence-corrected chi connectivity index (χ3v) is 7.72. The van der Waals surface area contributed by atoms with E-state index in [-0.39, 0.29) is 35.5 Å². The Balaban J connectivity index is 1.35. The molecule has 7 nitrogen and oxygen atoms in total. The molecule has 1 saturated heterocycles. The van der Waals surface area contributed by atoms with E-state index in [2.05, 4.69) is 31.4 Å². The maximum Gasteiger partial charge on any atom is 0.481 e. The molecule has 0 aromatic heterocycles. The first-order valence-corrected chi connectivity index (χ1v) is 11.5. The van der Waals surface area contributed by atoms with Crippen molar-refractivity contribution in [3.05, 3.63) is 0 Å². The molecule has 2 N–H and O–H groups in total. The highest BCUT2D eigenvalue weighted by atomic mass is 16.7. The van der Waals surface area contributed by atoms with Crippen molar-refractivity contribution in [1.82, 2.24) is 10.6 Å². The molecule has 2 bridgehead atoms. The van der Waals surface area contributed by atoms with E-state index in [0.717, 1.165) is 12.8 Å². The van der Waals surface area contributed by atoms with Gasteiger partial charge in [-0.3, -0.25) is 4.79 Å². The molecule has 4 aliphatic carbocycles. The van der Waals surface area contributed by atoms with E-state index in [1.807, 2.05) is 0 Å². The molecule has 5 aliphatic rings. The van der Waals surface area contributed by atoms with Crippen molar-refractivity contribution >= 4 is 19.1 Å². The molecule has 0 spiro atoms. The van der Waals surface area contributed by atoms with Gasteiger partial charge in [-0.25, -0.2) is 4.79 Å². The molecule has 0 radical (unpaired) electrons. The zero-order valence-electron chi connectivity index (χ0n) is 19.2. The number of amides is 2. The first kappa shape index (κ1) is 21.9. The molecule has 5 atom stereocenters. The Kier molecular flexibility index (Phi) is 5.41. The topological polar surface area (TPSA) is 85.9 Å². The molecule has 4 saturated carbocycles. The molecular formula is C22H37BN2O5. The minimum absolute atomic E-state index is 0.0952. The monoisotopic (exact) mass is 420 g/mol. The van der Waals surface area contributed by atoms with E-state index in [4.69, 9.17) is 14.0 Å². The van der Waals surface area contributed by atoms with Gasteiger partial charge in [0, 0.05) is 0 Å². The Labute approximate surface area is 180 Å². The Hall–Kier alpha value is -1.28. The zero-order chi connectivity index (χ0) is 21.9.